The molecule has 0 aliphatic carbocycles. The molecule has 0 amide bonds. The topological polar surface area (TPSA) is 29.9 Å². The fourth-order valence-electron chi connectivity index (χ4n) is 0.929. The molecule has 0 saturated heterocycles. The van der Waals surface area contributed by atoms with Crippen LogP contribution in [0.15, 0.2) is 24.3 Å². The molecule has 0 radical (unpaired) electrons. The molecule has 60 valence electrons. The van der Waals surface area contributed by atoms with Crippen molar-refractivity contribution in [3.05, 3.63) is 29.0 Å². The Morgan fingerprint density at radius 1 is 1.27 bits per heavy atom. The van der Waals surface area contributed by atoms with E-state index in [0.29, 0.717) is 4.77 Å². The number of imidazole rings is 1. The van der Waals surface area contributed by atoms with Gasteiger partial charge in [-0.15, -0.1) is 0 Å². The van der Waals surface area contributed by atoms with E-state index in [1.807, 2.05) is 24.3 Å². The number of hydrogen-bond acceptors (Lipinski definition) is 1. The van der Waals surface area contributed by atoms with Crippen molar-refractivity contribution in [2.45, 2.75) is 0 Å². The van der Waals surface area contributed by atoms with E-state index >= 15 is 0 Å². The molecule has 0 aliphatic heterocycles. The van der Waals surface area contributed by atoms with Crippen molar-refractivity contribution in [3.63, 3.8) is 0 Å². The molecule has 2 aromatic rings. The first-order valence-corrected chi connectivity index (χ1v) is 3.39. The van der Waals surface area contributed by atoms with Crippen LogP contribution < -0.4 is 4.98 Å². The average molecular weight is 213 g/mol. The summed E-state index contributed by atoms with van der Waals surface area (Å²) in [5.41, 5.74) is 1.94. The van der Waals surface area contributed by atoms with Crippen molar-refractivity contribution in [1.29, 1.82) is 0 Å². The van der Waals surface area contributed by atoms with Crippen molar-refractivity contribution >= 4 is 23.3 Å². The van der Waals surface area contributed by atoms with Gasteiger partial charge in [-0.05, 0) is 11.0 Å². The minimum atomic E-state index is 0. The Bertz CT molecular complexity index is 368. The van der Waals surface area contributed by atoms with Gasteiger partial charge in [-0.25, -0.2) is 0 Å². The second-order valence-corrected chi connectivity index (χ2v) is 2.45. The Morgan fingerprint density at radius 2 is 2.00 bits per heavy atom. The van der Waals surface area contributed by atoms with Gasteiger partial charge in [0, 0.05) is 4.77 Å². The molecule has 0 bridgehead atoms. The van der Waals surface area contributed by atoms with Gasteiger partial charge in [0.25, 0.3) is 0 Å². The predicted octanol–water partition coefficient (Wildman–Crippen LogP) is 1.85. The van der Waals surface area contributed by atoms with Crippen LogP contribution in [0.2, 0.25) is 0 Å². The van der Waals surface area contributed by atoms with Crippen LogP contribution in [0.4, 0.5) is 0 Å². The summed E-state index contributed by atoms with van der Waals surface area (Å²) in [5.74, 6) is 0. The molecular weight excluding hydrogens is 208 g/mol. The smallest absolute Gasteiger partial charge is 0.448 e. The van der Waals surface area contributed by atoms with Crippen LogP contribution in [-0.4, -0.2) is 4.98 Å². The molecule has 1 heterocycles. The minimum Gasteiger partial charge on any atom is -0.448 e. The quantitative estimate of drug-likeness (QED) is 0.534. The summed E-state index contributed by atoms with van der Waals surface area (Å²) < 4.78 is 0.557. The predicted molar refractivity (Wildman–Crippen MR) is 42.5 cm³/mol. The van der Waals surface area contributed by atoms with Gasteiger partial charge >= 0.3 is 17.1 Å². The van der Waals surface area contributed by atoms with E-state index in [2.05, 4.69) is 9.97 Å². The van der Waals surface area contributed by atoms with Crippen LogP contribution in [0.5, 0.6) is 0 Å². The SMILES string of the molecule is S=c1[n-]c2ccccc2[nH]1.[Cu+]. The zero-order chi connectivity index (χ0) is 6.97. The first kappa shape index (κ1) is 8.53. The largest absolute Gasteiger partial charge is 1.00 e. The second-order valence-electron chi connectivity index (χ2n) is 2.06. The second kappa shape index (κ2) is 3.22. The van der Waals surface area contributed by atoms with E-state index in [1.54, 1.807) is 0 Å². The number of nitrogens with zero attached hydrogens (tertiary/aromatic N) is 1. The van der Waals surface area contributed by atoms with Crippen molar-refractivity contribution < 1.29 is 17.1 Å². The molecule has 1 aromatic carbocycles. The normalized spacial score (nSPS) is 9.45. The van der Waals surface area contributed by atoms with E-state index < -0.39 is 0 Å². The van der Waals surface area contributed by atoms with Crippen molar-refractivity contribution in [2.24, 2.45) is 0 Å². The molecule has 0 saturated carbocycles. The summed E-state index contributed by atoms with van der Waals surface area (Å²) in [6.07, 6.45) is 0. The summed E-state index contributed by atoms with van der Waals surface area (Å²) >= 11 is 4.85. The maximum Gasteiger partial charge on any atom is 1.00 e. The molecule has 1 aromatic heterocycles. The molecule has 2 rings (SSSR count). The molecule has 0 aliphatic rings. The Labute approximate surface area is 79.5 Å². The zero-order valence-corrected chi connectivity index (χ0v) is 7.22. The molecule has 0 spiro atoms. The number of para-hydroxylation sites is 2. The molecule has 0 unspecified atom stereocenters. The van der Waals surface area contributed by atoms with E-state index in [-0.39, 0.29) is 17.1 Å². The number of rotatable bonds is 0. The molecule has 0 fully saturated rings. The average Bonchev–Trinajstić information content (AvgIpc) is 2.27. The summed E-state index contributed by atoms with van der Waals surface area (Å²) in [4.78, 5) is 7.03. The monoisotopic (exact) mass is 212 g/mol. The van der Waals surface area contributed by atoms with Crippen LogP contribution >= 0.6 is 12.2 Å². The molecule has 11 heavy (non-hydrogen) atoms. The first-order chi connectivity index (χ1) is 4.86. The molecular formula is C7H5CuN2S. The van der Waals surface area contributed by atoms with E-state index in [0.717, 1.165) is 11.0 Å². The van der Waals surface area contributed by atoms with E-state index in [1.165, 1.54) is 0 Å². The van der Waals surface area contributed by atoms with Crippen LogP contribution in [0.25, 0.3) is 11.0 Å². The Balaban J connectivity index is 0.000000605. The maximum absolute atomic E-state index is 4.85. The van der Waals surface area contributed by atoms with E-state index in [9.17, 15) is 0 Å². The standard InChI is InChI=1S/C7H6N2S.Cu/c10-7-8-5-3-1-2-4-6(5)9-7;/h1-4H,(H2,8,9,10);/q;+1/p-1. The number of nitrogens with one attached hydrogen (secondary N) is 1. The van der Waals surface area contributed by atoms with Crippen molar-refractivity contribution in [3.8, 4) is 0 Å². The van der Waals surface area contributed by atoms with Crippen molar-refractivity contribution in [1.82, 2.24) is 9.97 Å². The Hall–Kier alpha value is -0.571. The summed E-state index contributed by atoms with van der Waals surface area (Å²) in [6.45, 7) is 0. The number of benzene rings is 1. The number of fused-ring (bicyclic) bond motifs is 1. The zero-order valence-electron chi connectivity index (χ0n) is 5.47. The van der Waals surface area contributed by atoms with Crippen LogP contribution in [-0.2, 0) is 17.1 Å². The van der Waals surface area contributed by atoms with Gasteiger partial charge in [-0.3, -0.25) is 0 Å². The number of H-pyrrole nitrogens is 1. The Morgan fingerprint density at radius 3 is 2.73 bits per heavy atom. The number of aromatic amines is 1. The first-order valence-electron chi connectivity index (χ1n) is 2.98. The third-order valence-electron chi connectivity index (χ3n) is 1.37. The number of aromatic nitrogens is 2. The van der Waals surface area contributed by atoms with Crippen LogP contribution in [0.1, 0.15) is 0 Å². The summed E-state index contributed by atoms with van der Waals surface area (Å²) in [5, 5.41) is 0. The Kier molecular flexibility index (Phi) is 2.49. The third kappa shape index (κ3) is 1.53. The number of hydrogen-bond donors (Lipinski definition) is 1. The van der Waals surface area contributed by atoms with Gasteiger partial charge < -0.3 is 9.97 Å². The van der Waals surface area contributed by atoms with Gasteiger partial charge in [0.05, 0.1) is 0 Å². The van der Waals surface area contributed by atoms with Crippen LogP contribution in [0.3, 0.4) is 0 Å². The molecule has 2 nitrogen and oxygen atoms in total. The van der Waals surface area contributed by atoms with Gasteiger partial charge in [0.2, 0.25) is 0 Å². The van der Waals surface area contributed by atoms with Gasteiger partial charge in [-0.1, -0.05) is 36.5 Å². The van der Waals surface area contributed by atoms with E-state index in [4.69, 9.17) is 12.2 Å². The molecule has 1 N–H and O–H groups in total. The fraction of sp³-hybridized carbons (Fsp3) is 0. The van der Waals surface area contributed by atoms with Gasteiger partial charge in [0.15, 0.2) is 0 Å². The maximum atomic E-state index is 4.85. The minimum absolute atomic E-state index is 0. The summed E-state index contributed by atoms with van der Waals surface area (Å²) in [7, 11) is 0. The molecule has 0 atom stereocenters. The fourth-order valence-corrected chi connectivity index (χ4v) is 1.14. The van der Waals surface area contributed by atoms with Gasteiger partial charge in [-0.2, -0.15) is 0 Å². The molecule has 4 heteroatoms. The summed E-state index contributed by atoms with van der Waals surface area (Å²) in [6, 6.07) is 7.78. The van der Waals surface area contributed by atoms with Crippen molar-refractivity contribution in [2.75, 3.05) is 0 Å². The van der Waals surface area contributed by atoms with Gasteiger partial charge in [0.1, 0.15) is 0 Å². The van der Waals surface area contributed by atoms with Crippen LogP contribution in [0, 0.1) is 4.77 Å². The third-order valence-corrected chi connectivity index (χ3v) is 1.56.